The third kappa shape index (κ3) is 4.62. The third-order valence-corrected chi connectivity index (χ3v) is 4.43. The van der Waals surface area contributed by atoms with Gasteiger partial charge in [0.15, 0.2) is 6.10 Å². The molecule has 30 heavy (non-hydrogen) atoms. The summed E-state index contributed by atoms with van der Waals surface area (Å²) in [6, 6.07) is 14.2. The Morgan fingerprint density at radius 2 is 1.90 bits per heavy atom. The Morgan fingerprint density at radius 1 is 1.20 bits per heavy atom. The minimum absolute atomic E-state index is 0.0258. The van der Waals surface area contributed by atoms with Crippen LogP contribution in [0.2, 0.25) is 0 Å². The fourth-order valence-electron chi connectivity index (χ4n) is 2.75. The van der Waals surface area contributed by atoms with Crippen molar-refractivity contribution in [3.05, 3.63) is 65.2 Å². The molecule has 3 rings (SSSR count). The highest BCUT2D eigenvalue weighted by Crippen LogP contribution is 2.15. The van der Waals surface area contributed by atoms with Crippen molar-refractivity contribution in [3.8, 4) is 6.07 Å². The van der Waals surface area contributed by atoms with Gasteiger partial charge in [-0.15, -0.1) is 0 Å². The van der Waals surface area contributed by atoms with Gasteiger partial charge >= 0.3 is 12.0 Å². The van der Waals surface area contributed by atoms with Crippen LogP contribution < -0.4 is 10.6 Å². The number of para-hydroxylation sites is 1. The van der Waals surface area contributed by atoms with Crippen LogP contribution >= 0.6 is 0 Å². The molecule has 9 heteroatoms. The fourth-order valence-corrected chi connectivity index (χ4v) is 2.75. The molecule has 2 aromatic carbocycles. The maximum absolute atomic E-state index is 12.3. The first-order valence-electron chi connectivity index (χ1n) is 9.07. The highest BCUT2D eigenvalue weighted by atomic mass is 16.5. The van der Waals surface area contributed by atoms with E-state index in [1.165, 1.54) is 19.1 Å². The summed E-state index contributed by atoms with van der Waals surface area (Å²) in [5, 5.41) is 14.1. The van der Waals surface area contributed by atoms with E-state index in [1.54, 1.807) is 36.4 Å². The molecule has 2 aromatic rings. The number of benzene rings is 2. The van der Waals surface area contributed by atoms with Gasteiger partial charge in [-0.05, 0) is 36.8 Å². The number of imide groups is 1. The fraction of sp³-hybridized carbons (Fsp3) is 0.190. The number of nitriles is 1. The monoisotopic (exact) mass is 406 g/mol. The normalized spacial score (nSPS) is 13.9. The predicted molar refractivity (Wildman–Crippen MR) is 105 cm³/mol. The van der Waals surface area contributed by atoms with E-state index in [0.717, 1.165) is 4.90 Å². The van der Waals surface area contributed by atoms with Crippen LogP contribution in [0.4, 0.5) is 10.5 Å². The Hall–Kier alpha value is -4.19. The predicted octanol–water partition coefficient (Wildman–Crippen LogP) is 1.79. The van der Waals surface area contributed by atoms with E-state index in [-0.39, 0.29) is 24.6 Å². The Morgan fingerprint density at radius 3 is 2.53 bits per heavy atom. The van der Waals surface area contributed by atoms with E-state index in [0.29, 0.717) is 16.8 Å². The molecule has 1 unspecified atom stereocenters. The maximum Gasteiger partial charge on any atom is 0.338 e. The number of nitrogens with zero attached hydrogens (tertiary/aromatic N) is 2. The van der Waals surface area contributed by atoms with Crippen molar-refractivity contribution in [2.24, 2.45) is 0 Å². The Kier molecular flexibility index (Phi) is 6.08. The molecule has 0 aromatic heterocycles. The van der Waals surface area contributed by atoms with Crippen LogP contribution in [0.3, 0.4) is 0 Å². The summed E-state index contributed by atoms with van der Waals surface area (Å²) < 4.78 is 5.19. The molecule has 0 saturated carbocycles. The number of rotatable bonds is 6. The molecule has 1 aliphatic heterocycles. The summed E-state index contributed by atoms with van der Waals surface area (Å²) in [4.78, 5) is 48.9. The zero-order valence-electron chi connectivity index (χ0n) is 16.0. The zero-order valence-corrected chi connectivity index (χ0v) is 16.0. The third-order valence-electron chi connectivity index (χ3n) is 4.43. The van der Waals surface area contributed by atoms with Crippen molar-refractivity contribution in [3.63, 3.8) is 0 Å². The molecule has 0 aliphatic carbocycles. The second-order valence-corrected chi connectivity index (χ2v) is 6.53. The molecular formula is C21H18N4O5. The topological polar surface area (TPSA) is 129 Å². The van der Waals surface area contributed by atoms with Gasteiger partial charge in [0.25, 0.3) is 5.91 Å². The number of urea groups is 1. The van der Waals surface area contributed by atoms with E-state index in [1.807, 2.05) is 6.07 Å². The average Bonchev–Trinajstić information content (AvgIpc) is 3.06. The van der Waals surface area contributed by atoms with Gasteiger partial charge in [-0.3, -0.25) is 14.5 Å². The number of hydrogen-bond acceptors (Lipinski definition) is 6. The minimum atomic E-state index is -1.09. The lowest BCUT2D eigenvalue weighted by atomic mass is 10.1. The molecule has 1 fully saturated rings. The molecular weight excluding hydrogens is 388 g/mol. The van der Waals surface area contributed by atoms with Crippen molar-refractivity contribution in [2.45, 2.75) is 19.6 Å². The zero-order chi connectivity index (χ0) is 21.7. The number of nitrogens with one attached hydrogen (secondary N) is 2. The summed E-state index contributed by atoms with van der Waals surface area (Å²) in [7, 11) is 0. The molecule has 152 valence electrons. The van der Waals surface area contributed by atoms with Gasteiger partial charge in [0.05, 0.1) is 29.9 Å². The molecule has 0 spiro atoms. The second-order valence-electron chi connectivity index (χ2n) is 6.53. The van der Waals surface area contributed by atoms with Crippen LogP contribution in [-0.2, 0) is 20.9 Å². The first-order chi connectivity index (χ1) is 14.4. The lowest BCUT2D eigenvalue weighted by Gasteiger charge is -2.15. The summed E-state index contributed by atoms with van der Waals surface area (Å²) in [6.45, 7) is 1.49. The van der Waals surface area contributed by atoms with Gasteiger partial charge in [-0.2, -0.15) is 5.26 Å². The number of carbonyl (C=O) groups is 4. The molecule has 1 saturated heterocycles. The molecule has 0 radical (unpaired) electrons. The Bertz CT molecular complexity index is 1030. The van der Waals surface area contributed by atoms with Crippen molar-refractivity contribution >= 4 is 29.5 Å². The van der Waals surface area contributed by atoms with Crippen LogP contribution in [0.5, 0.6) is 0 Å². The van der Waals surface area contributed by atoms with Crippen molar-refractivity contribution < 1.29 is 23.9 Å². The van der Waals surface area contributed by atoms with E-state index < -0.39 is 24.0 Å². The summed E-state index contributed by atoms with van der Waals surface area (Å²) in [5.41, 5.74) is 1.51. The van der Waals surface area contributed by atoms with E-state index in [4.69, 9.17) is 10.00 Å². The quantitative estimate of drug-likeness (QED) is 0.556. The molecule has 2 N–H and O–H groups in total. The van der Waals surface area contributed by atoms with Gasteiger partial charge in [-0.1, -0.05) is 24.3 Å². The smallest absolute Gasteiger partial charge is 0.338 e. The van der Waals surface area contributed by atoms with Gasteiger partial charge < -0.3 is 15.4 Å². The summed E-state index contributed by atoms with van der Waals surface area (Å²) in [5.74, 6) is -1.59. The first kappa shape index (κ1) is 20.5. The van der Waals surface area contributed by atoms with Crippen molar-refractivity contribution in [1.82, 2.24) is 10.2 Å². The van der Waals surface area contributed by atoms with E-state index >= 15 is 0 Å². The Balaban J connectivity index is 1.58. The molecule has 1 atom stereocenters. The SMILES string of the molecule is CC(OC(=O)c1ccc(CN2C(=O)CNC2=O)cc1)C(=O)Nc1ccccc1C#N. The number of ether oxygens (including phenoxy) is 1. The van der Waals surface area contributed by atoms with E-state index in [9.17, 15) is 19.2 Å². The molecule has 4 amide bonds. The van der Waals surface area contributed by atoms with Crippen LogP contribution in [0.15, 0.2) is 48.5 Å². The lowest BCUT2D eigenvalue weighted by Crippen LogP contribution is -2.30. The van der Waals surface area contributed by atoms with Gasteiger partial charge in [0.1, 0.15) is 6.07 Å². The highest BCUT2D eigenvalue weighted by Gasteiger charge is 2.28. The maximum atomic E-state index is 12.3. The Labute approximate surface area is 172 Å². The number of anilines is 1. The molecule has 0 bridgehead atoms. The van der Waals surface area contributed by atoms with Gasteiger partial charge in [0.2, 0.25) is 5.91 Å². The number of carbonyl (C=O) groups excluding carboxylic acids is 4. The highest BCUT2D eigenvalue weighted by molar-refractivity contribution is 6.02. The largest absolute Gasteiger partial charge is 0.449 e. The number of hydrogen-bond donors (Lipinski definition) is 2. The number of esters is 1. The lowest BCUT2D eigenvalue weighted by molar-refractivity contribution is -0.125. The molecule has 9 nitrogen and oxygen atoms in total. The van der Waals surface area contributed by atoms with Crippen molar-refractivity contribution in [2.75, 3.05) is 11.9 Å². The van der Waals surface area contributed by atoms with Crippen LogP contribution in [0.1, 0.15) is 28.4 Å². The average molecular weight is 406 g/mol. The van der Waals surface area contributed by atoms with Crippen LogP contribution in [0, 0.1) is 11.3 Å². The summed E-state index contributed by atoms with van der Waals surface area (Å²) in [6.07, 6.45) is -1.09. The van der Waals surface area contributed by atoms with Crippen LogP contribution in [0.25, 0.3) is 0 Å². The van der Waals surface area contributed by atoms with E-state index in [2.05, 4.69) is 10.6 Å². The van der Waals surface area contributed by atoms with Gasteiger partial charge in [-0.25, -0.2) is 9.59 Å². The van der Waals surface area contributed by atoms with Crippen molar-refractivity contribution in [1.29, 1.82) is 5.26 Å². The number of amides is 4. The summed E-state index contributed by atoms with van der Waals surface area (Å²) >= 11 is 0. The molecule has 1 heterocycles. The standard InChI is InChI=1S/C21H18N4O5/c1-13(19(27)24-17-5-3-2-4-16(17)10-22)30-20(28)15-8-6-14(7-9-15)12-25-18(26)11-23-21(25)29/h2-9,13H,11-12H2,1H3,(H,23,29)(H,24,27). The van der Waals surface area contributed by atoms with Crippen LogP contribution in [-0.4, -0.2) is 41.4 Å². The van der Waals surface area contributed by atoms with Gasteiger partial charge in [0, 0.05) is 0 Å². The minimum Gasteiger partial charge on any atom is -0.449 e. The second kappa shape index (κ2) is 8.87. The first-order valence-corrected chi connectivity index (χ1v) is 9.07. The molecule has 1 aliphatic rings.